The topological polar surface area (TPSA) is 80.6 Å². The Morgan fingerprint density at radius 3 is 2.85 bits per heavy atom. The van der Waals surface area contributed by atoms with Crippen molar-refractivity contribution in [3.8, 4) is 11.8 Å². The molecule has 106 valence electrons. The lowest BCUT2D eigenvalue weighted by Crippen LogP contribution is -2.06. The SMILES string of the molecule is COCCOc1cccc(N/C=C(\C#N)C(=O)OC)c1. The van der Waals surface area contributed by atoms with Gasteiger partial charge in [0.05, 0.1) is 13.7 Å². The van der Waals surface area contributed by atoms with Gasteiger partial charge in [0.2, 0.25) is 0 Å². The van der Waals surface area contributed by atoms with Crippen molar-refractivity contribution in [2.75, 3.05) is 32.8 Å². The number of hydrogen-bond donors (Lipinski definition) is 1. The highest BCUT2D eigenvalue weighted by molar-refractivity contribution is 5.93. The van der Waals surface area contributed by atoms with E-state index < -0.39 is 5.97 Å². The first kappa shape index (κ1) is 15.5. The van der Waals surface area contributed by atoms with Crippen molar-refractivity contribution < 1.29 is 19.0 Å². The largest absolute Gasteiger partial charge is 0.491 e. The Kier molecular flexibility index (Phi) is 6.65. The summed E-state index contributed by atoms with van der Waals surface area (Å²) in [6, 6.07) is 8.88. The smallest absolute Gasteiger partial charge is 0.350 e. The molecule has 0 bridgehead atoms. The van der Waals surface area contributed by atoms with Crippen LogP contribution in [0.15, 0.2) is 36.0 Å². The first-order chi connectivity index (χ1) is 9.71. The fourth-order valence-electron chi connectivity index (χ4n) is 1.32. The number of nitrogens with zero attached hydrogens (tertiary/aromatic N) is 1. The third-order valence-corrected chi connectivity index (χ3v) is 2.30. The number of esters is 1. The molecule has 0 amide bonds. The molecule has 0 heterocycles. The van der Waals surface area contributed by atoms with E-state index in [0.29, 0.717) is 24.7 Å². The van der Waals surface area contributed by atoms with Crippen molar-refractivity contribution in [3.63, 3.8) is 0 Å². The molecule has 1 aromatic rings. The Bertz CT molecular complexity index is 520. The Labute approximate surface area is 117 Å². The van der Waals surface area contributed by atoms with Gasteiger partial charge in [-0.2, -0.15) is 5.26 Å². The molecule has 0 aliphatic rings. The number of nitrogens with one attached hydrogen (secondary N) is 1. The minimum atomic E-state index is -0.688. The Hall–Kier alpha value is -2.52. The number of anilines is 1. The average molecular weight is 276 g/mol. The Morgan fingerprint density at radius 2 is 2.20 bits per heavy atom. The number of rotatable bonds is 7. The summed E-state index contributed by atoms with van der Waals surface area (Å²) >= 11 is 0. The van der Waals surface area contributed by atoms with E-state index >= 15 is 0 Å². The lowest BCUT2D eigenvalue weighted by atomic mass is 10.3. The first-order valence-corrected chi connectivity index (χ1v) is 5.88. The zero-order valence-electron chi connectivity index (χ0n) is 11.4. The van der Waals surface area contributed by atoms with Crippen LogP contribution in [0, 0.1) is 11.3 Å². The van der Waals surface area contributed by atoms with E-state index in [1.165, 1.54) is 13.3 Å². The van der Waals surface area contributed by atoms with Gasteiger partial charge in [0.25, 0.3) is 0 Å². The zero-order chi connectivity index (χ0) is 14.8. The summed E-state index contributed by atoms with van der Waals surface area (Å²) in [6.45, 7) is 0.944. The van der Waals surface area contributed by atoms with Crippen LogP contribution in [-0.2, 0) is 14.3 Å². The van der Waals surface area contributed by atoms with Gasteiger partial charge in [0.1, 0.15) is 18.4 Å². The maximum atomic E-state index is 11.2. The average Bonchev–Trinajstić information content (AvgIpc) is 2.48. The van der Waals surface area contributed by atoms with Crippen molar-refractivity contribution in [3.05, 3.63) is 36.0 Å². The van der Waals surface area contributed by atoms with Gasteiger partial charge in [0, 0.05) is 25.1 Å². The normalized spacial score (nSPS) is 10.6. The minimum absolute atomic E-state index is 0.113. The maximum Gasteiger partial charge on any atom is 0.350 e. The molecule has 0 aromatic heterocycles. The van der Waals surface area contributed by atoms with Crippen molar-refractivity contribution in [1.82, 2.24) is 0 Å². The van der Waals surface area contributed by atoms with Gasteiger partial charge >= 0.3 is 5.97 Å². The van der Waals surface area contributed by atoms with Crippen molar-refractivity contribution in [2.24, 2.45) is 0 Å². The van der Waals surface area contributed by atoms with Gasteiger partial charge in [-0.15, -0.1) is 0 Å². The summed E-state index contributed by atoms with van der Waals surface area (Å²) in [7, 11) is 2.82. The standard InChI is InChI=1S/C14H16N2O4/c1-18-6-7-20-13-5-3-4-12(8-13)16-10-11(9-15)14(17)19-2/h3-5,8,10,16H,6-7H2,1-2H3/b11-10+. The van der Waals surface area contributed by atoms with Gasteiger partial charge < -0.3 is 19.5 Å². The molecule has 1 aromatic carbocycles. The number of nitriles is 1. The summed E-state index contributed by atoms with van der Waals surface area (Å²) < 4.78 is 14.8. The van der Waals surface area contributed by atoms with Crippen LogP contribution in [0.3, 0.4) is 0 Å². The molecule has 0 unspecified atom stereocenters. The lowest BCUT2D eigenvalue weighted by Gasteiger charge is -2.07. The number of methoxy groups -OCH3 is 2. The molecule has 0 spiro atoms. The van der Waals surface area contributed by atoms with E-state index in [4.69, 9.17) is 14.7 Å². The lowest BCUT2D eigenvalue weighted by molar-refractivity contribution is -0.135. The fourth-order valence-corrected chi connectivity index (χ4v) is 1.32. The van der Waals surface area contributed by atoms with Gasteiger partial charge in [0.15, 0.2) is 5.57 Å². The molecule has 6 heteroatoms. The van der Waals surface area contributed by atoms with Crippen LogP contribution in [0.2, 0.25) is 0 Å². The summed E-state index contributed by atoms with van der Waals surface area (Å²) in [6.07, 6.45) is 1.29. The number of carbonyl (C=O) groups is 1. The number of carbonyl (C=O) groups excluding carboxylic acids is 1. The van der Waals surface area contributed by atoms with Crippen LogP contribution in [0.5, 0.6) is 5.75 Å². The predicted molar refractivity (Wildman–Crippen MR) is 73.1 cm³/mol. The molecule has 0 saturated carbocycles. The number of benzene rings is 1. The molecule has 1 rings (SSSR count). The Morgan fingerprint density at radius 1 is 1.40 bits per heavy atom. The molecule has 0 radical (unpaired) electrons. The molecular formula is C14H16N2O4. The van der Waals surface area contributed by atoms with E-state index in [-0.39, 0.29) is 5.57 Å². The number of hydrogen-bond acceptors (Lipinski definition) is 6. The van der Waals surface area contributed by atoms with Gasteiger partial charge in [-0.3, -0.25) is 0 Å². The highest BCUT2D eigenvalue weighted by Gasteiger charge is 2.07. The molecule has 0 saturated heterocycles. The van der Waals surface area contributed by atoms with Crippen LogP contribution in [0.1, 0.15) is 0 Å². The third kappa shape index (κ3) is 5.00. The molecule has 0 fully saturated rings. The maximum absolute atomic E-state index is 11.2. The molecule has 0 aliphatic heterocycles. The molecule has 1 N–H and O–H groups in total. The van der Waals surface area contributed by atoms with Crippen molar-refractivity contribution in [1.29, 1.82) is 5.26 Å². The van der Waals surface area contributed by atoms with Crippen LogP contribution in [-0.4, -0.2) is 33.4 Å². The van der Waals surface area contributed by atoms with Crippen LogP contribution < -0.4 is 10.1 Å². The molecule has 20 heavy (non-hydrogen) atoms. The third-order valence-electron chi connectivity index (χ3n) is 2.30. The van der Waals surface area contributed by atoms with Gasteiger partial charge in [-0.05, 0) is 12.1 Å². The first-order valence-electron chi connectivity index (χ1n) is 5.88. The summed E-state index contributed by atoms with van der Waals surface area (Å²) in [4.78, 5) is 11.2. The van der Waals surface area contributed by atoms with Crippen LogP contribution in [0.25, 0.3) is 0 Å². The van der Waals surface area contributed by atoms with E-state index in [1.807, 2.05) is 0 Å². The monoisotopic (exact) mass is 276 g/mol. The predicted octanol–water partition coefficient (Wildman–Crippen LogP) is 1.70. The minimum Gasteiger partial charge on any atom is -0.491 e. The summed E-state index contributed by atoms with van der Waals surface area (Å²) in [5, 5.41) is 11.7. The zero-order valence-corrected chi connectivity index (χ0v) is 11.4. The molecule has 0 atom stereocenters. The van der Waals surface area contributed by atoms with Gasteiger partial charge in [-0.25, -0.2) is 4.79 Å². The molecule has 6 nitrogen and oxygen atoms in total. The van der Waals surface area contributed by atoms with E-state index in [1.54, 1.807) is 37.4 Å². The van der Waals surface area contributed by atoms with Gasteiger partial charge in [-0.1, -0.05) is 6.07 Å². The van der Waals surface area contributed by atoms with Crippen LogP contribution in [0.4, 0.5) is 5.69 Å². The van der Waals surface area contributed by atoms with Crippen LogP contribution >= 0.6 is 0 Å². The summed E-state index contributed by atoms with van der Waals surface area (Å²) in [5.74, 6) is -0.0236. The van der Waals surface area contributed by atoms with E-state index in [0.717, 1.165) is 0 Å². The second-order valence-electron chi connectivity index (χ2n) is 3.67. The van der Waals surface area contributed by atoms with E-state index in [2.05, 4.69) is 10.1 Å². The second-order valence-corrected chi connectivity index (χ2v) is 3.67. The number of ether oxygens (including phenoxy) is 3. The molecular weight excluding hydrogens is 260 g/mol. The quantitative estimate of drug-likeness (QED) is 0.353. The highest BCUT2D eigenvalue weighted by atomic mass is 16.5. The van der Waals surface area contributed by atoms with Crippen molar-refractivity contribution >= 4 is 11.7 Å². The highest BCUT2D eigenvalue weighted by Crippen LogP contribution is 2.17. The molecule has 0 aliphatic carbocycles. The second kappa shape index (κ2) is 8.56. The van der Waals surface area contributed by atoms with E-state index in [9.17, 15) is 4.79 Å². The summed E-state index contributed by atoms with van der Waals surface area (Å²) in [5.41, 5.74) is 0.578. The Balaban J connectivity index is 2.68. The fraction of sp³-hybridized carbons (Fsp3) is 0.286. The van der Waals surface area contributed by atoms with Crippen molar-refractivity contribution in [2.45, 2.75) is 0 Å².